The molecule has 1 aliphatic rings. The Balaban J connectivity index is 1.65. The number of alkyl halides is 3. The number of pyridine rings is 1. The highest BCUT2D eigenvalue weighted by molar-refractivity contribution is 7.89. The topological polar surface area (TPSA) is 71.5 Å². The van der Waals surface area contributed by atoms with Gasteiger partial charge in [0.2, 0.25) is 10.0 Å². The van der Waals surface area contributed by atoms with Crippen molar-refractivity contribution in [2.24, 2.45) is 0 Å². The molecule has 1 fully saturated rings. The van der Waals surface area contributed by atoms with Gasteiger partial charge >= 0.3 is 6.36 Å². The minimum atomic E-state index is -4.73. The quantitative estimate of drug-likeness (QED) is 0.774. The molecule has 1 aromatic heterocycles. The number of aromatic nitrogens is 1. The molecule has 10 heteroatoms. The van der Waals surface area contributed by atoms with Crippen molar-refractivity contribution in [2.75, 3.05) is 18.4 Å². The molecule has 0 radical (unpaired) electrons. The van der Waals surface area contributed by atoms with Gasteiger partial charge in [0, 0.05) is 25.3 Å². The zero-order valence-electron chi connectivity index (χ0n) is 15.1. The van der Waals surface area contributed by atoms with E-state index in [-0.39, 0.29) is 16.7 Å². The number of benzene rings is 1. The molecule has 0 spiro atoms. The zero-order valence-corrected chi connectivity index (χ0v) is 15.9. The fraction of sp³-hybridized carbons (Fsp3) is 0.389. The van der Waals surface area contributed by atoms with Crippen molar-refractivity contribution < 1.29 is 26.3 Å². The van der Waals surface area contributed by atoms with E-state index in [0.717, 1.165) is 18.4 Å². The van der Waals surface area contributed by atoms with Crippen molar-refractivity contribution >= 4 is 15.8 Å². The van der Waals surface area contributed by atoms with Gasteiger partial charge in [-0.15, -0.1) is 13.2 Å². The molecular formula is C18H20F3N3O3S. The number of ether oxygens (including phenoxy) is 1. The maximum atomic E-state index is 12.5. The van der Waals surface area contributed by atoms with Crippen molar-refractivity contribution in [1.29, 1.82) is 0 Å². The van der Waals surface area contributed by atoms with Gasteiger partial charge in [0.25, 0.3) is 0 Å². The second-order valence-corrected chi connectivity index (χ2v) is 8.41. The lowest BCUT2D eigenvalue weighted by molar-refractivity contribution is -0.274. The van der Waals surface area contributed by atoms with Crippen LogP contribution in [0.15, 0.2) is 47.5 Å². The molecule has 2 aromatic rings. The van der Waals surface area contributed by atoms with E-state index in [1.807, 2.05) is 6.92 Å². The molecule has 152 valence electrons. The SMILES string of the molecule is C[C@H](Nc1ccc(S(=O)(=O)N2CCCC2)cn1)c1ccc(OC(F)(F)F)cc1. The smallest absolute Gasteiger partial charge is 0.406 e. The van der Waals surface area contributed by atoms with Crippen LogP contribution in [-0.2, 0) is 10.0 Å². The number of rotatable bonds is 6. The summed E-state index contributed by atoms with van der Waals surface area (Å²) in [4.78, 5) is 4.30. The third-order valence-corrected chi connectivity index (χ3v) is 6.30. The highest BCUT2D eigenvalue weighted by Gasteiger charge is 2.31. The first kappa shape index (κ1) is 20.4. The molecule has 6 nitrogen and oxygen atoms in total. The average Bonchev–Trinajstić information content (AvgIpc) is 3.17. The molecule has 1 atom stereocenters. The number of anilines is 1. The molecule has 0 amide bonds. The summed E-state index contributed by atoms with van der Waals surface area (Å²) in [5.41, 5.74) is 0.727. The van der Waals surface area contributed by atoms with Crippen molar-refractivity contribution in [1.82, 2.24) is 9.29 Å². The predicted octanol–water partition coefficient (Wildman–Crippen LogP) is 3.94. The molecule has 0 unspecified atom stereocenters. The average molecular weight is 415 g/mol. The number of halogens is 3. The normalized spacial score (nSPS) is 16.7. The highest BCUT2D eigenvalue weighted by Crippen LogP contribution is 2.26. The van der Waals surface area contributed by atoms with Gasteiger partial charge in [-0.05, 0) is 49.6 Å². The van der Waals surface area contributed by atoms with Crippen molar-refractivity contribution in [3.63, 3.8) is 0 Å². The van der Waals surface area contributed by atoms with E-state index >= 15 is 0 Å². The van der Waals surface area contributed by atoms with Gasteiger partial charge in [0.1, 0.15) is 16.5 Å². The number of sulfonamides is 1. The second-order valence-electron chi connectivity index (χ2n) is 6.47. The Morgan fingerprint density at radius 2 is 1.75 bits per heavy atom. The number of hydrogen-bond donors (Lipinski definition) is 1. The summed E-state index contributed by atoms with van der Waals surface area (Å²) in [5.74, 6) is 0.168. The fourth-order valence-corrected chi connectivity index (χ4v) is 4.42. The predicted molar refractivity (Wildman–Crippen MR) is 97.4 cm³/mol. The lowest BCUT2D eigenvalue weighted by atomic mass is 10.1. The van der Waals surface area contributed by atoms with Crippen LogP contribution in [0.3, 0.4) is 0 Å². The van der Waals surface area contributed by atoms with Crippen LogP contribution in [-0.4, -0.2) is 37.2 Å². The Labute approximate surface area is 161 Å². The zero-order chi connectivity index (χ0) is 20.4. The van der Waals surface area contributed by atoms with Gasteiger partial charge in [0.05, 0.1) is 0 Å². The molecule has 1 N–H and O–H groups in total. The van der Waals surface area contributed by atoms with E-state index in [1.165, 1.54) is 40.8 Å². The summed E-state index contributed by atoms with van der Waals surface area (Å²) in [7, 11) is -3.52. The molecular weight excluding hydrogens is 395 g/mol. The van der Waals surface area contributed by atoms with Crippen LogP contribution >= 0.6 is 0 Å². The molecule has 1 saturated heterocycles. The standard InChI is InChI=1S/C18H20F3N3O3S/c1-13(14-4-6-15(7-5-14)27-18(19,20)21)23-17-9-8-16(12-22-17)28(25,26)24-10-2-3-11-24/h4-9,12-13H,2-3,10-11H2,1H3,(H,22,23)/t13-/m0/s1. The molecule has 0 saturated carbocycles. The van der Waals surface area contributed by atoms with Crippen LogP contribution in [0.2, 0.25) is 0 Å². The molecule has 3 rings (SSSR count). The third kappa shape index (κ3) is 4.93. The van der Waals surface area contributed by atoms with Gasteiger partial charge in [0.15, 0.2) is 0 Å². The van der Waals surface area contributed by atoms with E-state index in [4.69, 9.17) is 0 Å². The largest absolute Gasteiger partial charge is 0.573 e. The lowest BCUT2D eigenvalue weighted by Gasteiger charge is -2.17. The molecule has 0 aliphatic carbocycles. The Morgan fingerprint density at radius 1 is 1.11 bits per heavy atom. The van der Waals surface area contributed by atoms with Gasteiger partial charge in [-0.25, -0.2) is 13.4 Å². The van der Waals surface area contributed by atoms with Crippen LogP contribution in [0.5, 0.6) is 5.75 Å². The van der Waals surface area contributed by atoms with E-state index in [9.17, 15) is 21.6 Å². The van der Waals surface area contributed by atoms with Crippen molar-refractivity contribution in [3.8, 4) is 5.75 Å². The first-order valence-corrected chi connectivity index (χ1v) is 10.2. The molecule has 1 aromatic carbocycles. The molecule has 2 heterocycles. The summed E-state index contributed by atoms with van der Waals surface area (Å²) in [6.45, 7) is 2.86. The Morgan fingerprint density at radius 3 is 2.29 bits per heavy atom. The molecule has 0 bridgehead atoms. The van der Waals surface area contributed by atoms with Crippen LogP contribution in [0.25, 0.3) is 0 Å². The van der Waals surface area contributed by atoms with Crippen LogP contribution < -0.4 is 10.1 Å². The summed E-state index contributed by atoms with van der Waals surface area (Å²) >= 11 is 0. The van der Waals surface area contributed by atoms with E-state index < -0.39 is 16.4 Å². The molecule has 28 heavy (non-hydrogen) atoms. The third-order valence-electron chi connectivity index (χ3n) is 4.42. The minimum Gasteiger partial charge on any atom is -0.406 e. The van der Waals surface area contributed by atoms with Crippen molar-refractivity contribution in [3.05, 3.63) is 48.2 Å². The fourth-order valence-electron chi connectivity index (χ4n) is 2.96. The molecule has 1 aliphatic heterocycles. The monoisotopic (exact) mass is 415 g/mol. The highest BCUT2D eigenvalue weighted by atomic mass is 32.2. The Kier molecular flexibility index (Phi) is 5.80. The maximum Gasteiger partial charge on any atom is 0.573 e. The second kappa shape index (κ2) is 7.96. The summed E-state index contributed by atoms with van der Waals surface area (Å²) in [5, 5.41) is 3.09. The maximum absolute atomic E-state index is 12.5. The number of nitrogens with one attached hydrogen (secondary N) is 1. The van der Waals surface area contributed by atoms with E-state index in [2.05, 4.69) is 15.0 Å². The van der Waals surface area contributed by atoms with Crippen molar-refractivity contribution in [2.45, 2.75) is 37.1 Å². The lowest BCUT2D eigenvalue weighted by Crippen LogP contribution is -2.27. The van der Waals surface area contributed by atoms with E-state index in [0.29, 0.717) is 18.9 Å². The van der Waals surface area contributed by atoms with Gasteiger partial charge in [-0.2, -0.15) is 4.31 Å². The van der Waals surface area contributed by atoms with Crippen LogP contribution in [0.4, 0.5) is 19.0 Å². The van der Waals surface area contributed by atoms with E-state index in [1.54, 1.807) is 6.07 Å². The number of hydrogen-bond acceptors (Lipinski definition) is 5. The first-order valence-electron chi connectivity index (χ1n) is 8.73. The summed E-state index contributed by atoms with van der Waals surface area (Å²) in [6, 6.07) is 8.32. The Hall–Kier alpha value is -2.33. The van der Waals surface area contributed by atoms with Gasteiger partial charge in [-0.3, -0.25) is 0 Å². The Bertz CT molecular complexity index is 894. The number of nitrogens with zero attached hydrogens (tertiary/aromatic N) is 2. The summed E-state index contributed by atoms with van der Waals surface area (Å²) in [6.07, 6.45) is -1.71. The van der Waals surface area contributed by atoms with Gasteiger partial charge < -0.3 is 10.1 Å². The summed E-state index contributed by atoms with van der Waals surface area (Å²) < 4.78 is 66.9. The first-order chi connectivity index (χ1) is 13.1. The minimum absolute atomic E-state index is 0.140. The van der Waals surface area contributed by atoms with Gasteiger partial charge in [-0.1, -0.05) is 12.1 Å². The van der Waals surface area contributed by atoms with Crippen LogP contribution in [0.1, 0.15) is 31.4 Å². The van der Waals surface area contributed by atoms with Crippen LogP contribution in [0, 0.1) is 0 Å².